The van der Waals surface area contributed by atoms with Crippen molar-refractivity contribution in [3.63, 3.8) is 0 Å². The molecule has 0 aromatic heterocycles. The highest BCUT2D eigenvalue weighted by molar-refractivity contribution is 5.97. The molecule has 6 nitrogen and oxygen atoms in total. The summed E-state index contributed by atoms with van der Waals surface area (Å²) in [5, 5.41) is 3.08. The van der Waals surface area contributed by atoms with E-state index in [2.05, 4.69) is 10.2 Å². The van der Waals surface area contributed by atoms with Crippen LogP contribution in [0.3, 0.4) is 0 Å². The third-order valence-electron chi connectivity index (χ3n) is 5.77. The van der Waals surface area contributed by atoms with Crippen molar-refractivity contribution in [2.45, 2.75) is 31.9 Å². The number of cyclic esters (lactones) is 1. The zero-order valence-electron chi connectivity index (χ0n) is 17.3. The van der Waals surface area contributed by atoms with Crippen LogP contribution in [-0.2, 0) is 15.9 Å². The summed E-state index contributed by atoms with van der Waals surface area (Å²) >= 11 is 0. The molecule has 1 N–H and O–H groups in total. The number of ether oxygens (including phenoxy) is 2. The predicted molar refractivity (Wildman–Crippen MR) is 114 cm³/mol. The molecule has 0 saturated carbocycles. The molecular formula is C24H28N2O4. The Morgan fingerprint density at radius 1 is 1.17 bits per heavy atom. The predicted octanol–water partition coefficient (Wildman–Crippen LogP) is 2.98. The van der Waals surface area contributed by atoms with Crippen LogP contribution in [0, 0.1) is 0 Å². The minimum atomic E-state index is -0.337. The van der Waals surface area contributed by atoms with Gasteiger partial charge >= 0.3 is 5.97 Å². The summed E-state index contributed by atoms with van der Waals surface area (Å²) in [4.78, 5) is 27.6. The Bertz CT molecular complexity index is 893. The van der Waals surface area contributed by atoms with Crippen LogP contribution in [0.15, 0.2) is 48.5 Å². The van der Waals surface area contributed by atoms with Gasteiger partial charge in [-0.3, -0.25) is 9.69 Å². The van der Waals surface area contributed by atoms with Crippen LogP contribution in [0.2, 0.25) is 0 Å². The molecule has 158 valence electrons. The average Bonchev–Trinajstić information content (AvgIpc) is 2.78. The van der Waals surface area contributed by atoms with Gasteiger partial charge in [0, 0.05) is 37.7 Å². The zero-order chi connectivity index (χ0) is 20.9. The molecule has 0 radical (unpaired) electrons. The van der Waals surface area contributed by atoms with Gasteiger partial charge in [0.2, 0.25) is 0 Å². The van der Waals surface area contributed by atoms with Crippen molar-refractivity contribution in [1.82, 2.24) is 10.2 Å². The lowest BCUT2D eigenvalue weighted by molar-refractivity contribution is 0.0252. The monoisotopic (exact) mass is 408 g/mol. The fourth-order valence-electron chi connectivity index (χ4n) is 3.97. The lowest BCUT2D eigenvalue weighted by atomic mass is 9.93. The number of fused-ring (bicyclic) bond motifs is 1. The molecule has 2 heterocycles. The topological polar surface area (TPSA) is 67.9 Å². The number of benzene rings is 2. The van der Waals surface area contributed by atoms with Gasteiger partial charge in [-0.1, -0.05) is 30.3 Å². The molecule has 1 amide bonds. The smallest absolute Gasteiger partial charge is 0.339 e. The minimum absolute atomic E-state index is 0.0680. The highest BCUT2D eigenvalue weighted by Crippen LogP contribution is 2.31. The molecule has 30 heavy (non-hydrogen) atoms. The molecule has 2 aromatic carbocycles. The summed E-state index contributed by atoms with van der Waals surface area (Å²) in [5.74, 6) is -0.446. The van der Waals surface area contributed by atoms with Crippen LogP contribution in [-0.4, -0.2) is 55.7 Å². The number of hydrogen-bond donors (Lipinski definition) is 1. The number of esters is 1. The van der Waals surface area contributed by atoms with Crippen molar-refractivity contribution in [1.29, 1.82) is 0 Å². The molecule has 1 fully saturated rings. The maximum atomic E-state index is 12.8. The van der Waals surface area contributed by atoms with E-state index in [-0.39, 0.29) is 24.0 Å². The molecule has 2 aliphatic rings. The Morgan fingerprint density at radius 2 is 1.93 bits per heavy atom. The molecular weight excluding hydrogens is 380 g/mol. The first kappa shape index (κ1) is 20.6. The number of carbonyl (C=O) groups excluding carboxylic acids is 2. The quantitative estimate of drug-likeness (QED) is 0.745. The Hall–Kier alpha value is -2.70. The highest BCUT2D eigenvalue weighted by atomic mass is 16.5. The van der Waals surface area contributed by atoms with Crippen LogP contribution >= 0.6 is 0 Å². The number of hydrogen-bond acceptors (Lipinski definition) is 5. The van der Waals surface area contributed by atoms with Gasteiger partial charge in [-0.05, 0) is 42.7 Å². The van der Waals surface area contributed by atoms with Gasteiger partial charge in [0.05, 0.1) is 18.8 Å². The molecule has 2 aliphatic heterocycles. The third kappa shape index (κ3) is 4.89. The van der Waals surface area contributed by atoms with Crippen LogP contribution in [0.5, 0.6) is 0 Å². The number of nitrogens with zero attached hydrogens (tertiary/aromatic N) is 1. The third-order valence-corrected chi connectivity index (χ3v) is 5.77. The van der Waals surface area contributed by atoms with Crippen LogP contribution in [0.4, 0.5) is 0 Å². The number of rotatable bonds is 6. The van der Waals surface area contributed by atoms with E-state index in [9.17, 15) is 9.59 Å². The number of amides is 1. The summed E-state index contributed by atoms with van der Waals surface area (Å²) in [6, 6.07) is 15.0. The molecule has 2 atom stereocenters. The second-order valence-electron chi connectivity index (χ2n) is 8.00. The van der Waals surface area contributed by atoms with Crippen molar-refractivity contribution in [3.8, 4) is 0 Å². The van der Waals surface area contributed by atoms with E-state index < -0.39 is 0 Å². The summed E-state index contributed by atoms with van der Waals surface area (Å²) < 4.78 is 11.0. The van der Waals surface area contributed by atoms with Gasteiger partial charge in [-0.25, -0.2) is 4.79 Å². The molecule has 1 saturated heterocycles. The van der Waals surface area contributed by atoms with Crippen molar-refractivity contribution < 1.29 is 19.1 Å². The lowest BCUT2D eigenvalue weighted by Gasteiger charge is -2.28. The molecule has 0 bridgehead atoms. The Balaban J connectivity index is 1.39. The lowest BCUT2D eigenvalue weighted by Crippen LogP contribution is -2.40. The normalized spacial score (nSPS) is 20.2. The molecule has 6 heteroatoms. The van der Waals surface area contributed by atoms with Gasteiger partial charge in [-0.2, -0.15) is 0 Å². The summed E-state index contributed by atoms with van der Waals surface area (Å²) in [6.07, 6.45) is 1.13. The van der Waals surface area contributed by atoms with E-state index in [0.29, 0.717) is 17.5 Å². The molecule has 0 spiro atoms. The fraction of sp³-hybridized carbons (Fsp3) is 0.417. The molecule has 4 rings (SSSR count). The van der Waals surface area contributed by atoms with Crippen molar-refractivity contribution in [2.24, 2.45) is 0 Å². The van der Waals surface area contributed by atoms with E-state index in [1.54, 1.807) is 12.1 Å². The Labute approximate surface area is 177 Å². The number of carbonyl (C=O) groups is 2. The van der Waals surface area contributed by atoms with Gasteiger partial charge in [0.25, 0.3) is 5.91 Å². The van der Waals surface area contributed by atoms with E-state index in [1.807, 2.05) is 43.3 Å². The van der Waals surface area contributed by atoms with Crippen LogP contribution in [0.1, 0.15) is 51.3 Å². The largest absolute Gasteiger partial charge is 0.454 e. The first-order chi connectivity index (χ1) is 14.6. The minimum Gasteiger partial charge on any atom is -0.454 e. The molecule has 2 aromatic rings. The van der Waals surface area contributed by atoms with Crippen LogP contribution < -0.4 is 5.32 Å². The maximum absolute atomic E-state index is 12.8. The van der Waals surface area contributed by atoms with Crippen molar-refractivity contribution in [2.75, 3.05) is 32.8 Å². The average molecular weight is 408 g/mol. The van der Waals surface area contributed by atoms with E-state index in [1.165, 1.54) is 0 Å². The van der Waals surface area contributed by atoms with Crippen LogP contribution in [0.25, 0.3) is 0 Å². The number of nitrogens with one attached hydrogen (secondary N) is 1. The summed E-state index contributed by atoms with van der Waals surface area (Å²) in [5.41, 5.74) is 2.93. The standard InChI is InChI=1S/C24H28N2O4/c1-17(9-10-26-11-13-29-14-12-26)25-23(27)19-7-8-21-20(15-19)16-22(30-24(21)28)18-5-3-2-4-6-18/h2-8,15,17,22H,9-14,16H2,1H3,(H,25,27). The van der Waals surface area contributed by atoms with Crippen molar-refractivity contribution in [3.05, 3.63) is 70.8 Å². The van der Waals surface area contributed by atoms with Crippen molar-refractivity contribution >= 4 is 11.9 Å². The fourth-order valence-corrected chi connectivity index (χ4v) is 3.97. The Kier molecular flexibility index (Phi) is 6.45. The summed E-state index contributed by atoms with van der Waals surface area (Å²) in [7, 11) is 0. The maximum Gasteiger partial charge on any atom is 0.339 e. The Morgan fingerprint density at radius 3 is 2.70 bits per heavy atom. The van der Waals surface area contributed by atoms with Gasteiger partial charge in [0.1, 0.15) is 6.10 Å². The van der Waals surface area contributed by atoms with Gasteiger partial charge < -0.3 is 14.8 Å². The highest BCUT2D eigenvalue weighted by Gasteiger charge is 2.28. The second-order valence-corrected chi connectivity index (χ2v) is 8.00. The SMILES string of the molecule is CC(CCN1CCOCC1)NC(=O)c1ccc2c(c1)CC(c1ccccc1)OC2=O. The number of morpholine rings is 1. The van der Waals surface area contributed by atoms with Gasteiger partial charge in [-0.15, -0.1) is 0 Å². The van der Waals surface area contributed by atoms with E-state index in [4.69, 9.17) is 9.47 Å². The summed E-state index contributed by atoms with van der Waals surface area (Å²) in [6.45, 7) is 6.43. The first-order valence-electron chi connectivity index (χ1n) is 10.6. The van der Waals surface area contributed by atoms with Gasteiger partial charge in [0.15, 0.2) is 0 Å². The molecule has 0 aliphatic carbocycles. The van der Waals surface area contributed by atoms with E-state index in [0.717, 1.165) is 50.4 Å². The van der Waals surface area contributed by atoms with E-state index >= 15 is 0 Å². The molecule has 2 unspecified atom stereocenters. The zero-order valence-corrected chi connectivity index (χ0v) is 17.3. The second kappa shape index (κ2) is 9.41. The first-order valence-corrected chi connectivity index (χ1v) is 10.6.